The second-order valence-corrected chi connectivity index (χ2v) is 7.03. The zero-order valence-electron chi connectivity index (χ0n) is 14.6. The first-order valence-electron chi connectivity index (χ1n) is 8.65. The average molecular weight is 385 g/mol. The van der Waals surface area contributed by atoms with E-state index in [2.05, 4.69) is 35.2 Å². The third-order valence-corrected chi connectivity index (χ3v) is 5.08. The van der Waals surface area contributed by atoms with Crippen molar-refractivity contribution < 1.29 is 9.32 Å². The van der Waals surface area contributed by atoms with Gasteiger partial charge < -0.3 is 14.7 Å². The first kappa shape index (κ1) is 17.6. The molecule has 0 atom stereocenters. The summed E-state index contributed by atoms with van der Waals surface area (Å²) in [5.74, 6) is 1.63. The lowest BCUT2D eigenvalue weighted by molar-refractivity contribution is -0.122. The molecule has 4 heterocycles. The highest BCUT2D eigenvalue weighted by Crippen LogP contribution is 2.22. The number of nitrogens with one attached hydrogen (secondary N) is 1. The molecular formula is C17H19N7O2S. The lowest BCUT2D eigenvalue weighted by atomic mass is 10.3. The minimum Gasteiger partial charge on any atom is -0.348 e. The van der Waals surface area contributed by atoms with Crippen molar-refractivity contribution in [2.24, 2.45) is 0 Å². The van der Waals surface area contributed by atoms with E-state index in [0.29, 0.717) is 18.3 Å². The molecule has 140 valence electrons. The van der Waals surface area contributed by atoms with Gasteiger partial charge in [0.05, 0.1) is 18.0 Å². The molecule has 1 aliphatic heterocycles. The highest BCUT2D eigenvalue weighted by atomic mass is 32.1. The fraction of sp³-hybridized carbons (Fsp3) is 0.353. The van der Waals surface area contributed by atoms with Gasteiger partial charge in [0, 0.05) is 38.6 Å². The molecule has 0 aromatic carbocycles. The fourth-order valence-electron chi connectivity index (χ4n) is 2.82. The summed E-state index contributed by atoms with van der Waals surface area (Å²) in [6.45, 7) is 3.77. The number of aromatic nitrogens is 4. The van der Waals surface area contributed by atoms with Crippen molar-refractivity contribution in [1.29, 1.82) is 0 Å². The summed E-state index contributed by atoms with van der Waals surface area (Å²) in [7, 11) is 0. The molecule has 0 unspecified atom stereocenters. The van der Waals surface area contributed by atoms with Crippen molar-refractivity contribution in [2.75, 3.05) is 37.6 Å². The van der Waals surface area contributed by atoms with Gasteiger partial charge >= 0.3 is 0 Å². The fourth-order valence-corrected chi connectivity index (χ4v) is 3.47. The van der Waals surface area contributed by atoms with Gasteiger partial charge in [-0.25, -0.2) is 9.97 Å². The van der Waals surface area contributed by atoms with Crippen LogP contribution in [-0.2, 0) is 11.3 Å². The van der Waals surface area contributed by atoms with Crippen LogP contribution in [-0.4, -0.2) is 63.6 Å². The van der Waals surface area contributed by atoms with Crippen LogP contribution < -0.4 is 10.2 Å². The molecule has 1 N–H and O–H groups in total. The lowest BCUT2D eigenvalue weighted by Crippen LogP contribution is -2.49. The van der Waals surface area contributed by atoms with Gasteiger partial charge in [-0.2, -0.15) is 4.98 Å². The molecule has 0 saturated carbocycles. The summed E-state index contributed by atoms with van der Waals surface area (Å²) in [5.41, 5.74) is 0. The zero-order chi connectivity index (χ0) is 18.5. The van der Waals surface area contributed by atoms with Crippen LogP contribution in [0.5, 0.6) is 0 Å². The number of nitrogens with zero attached hydrogens (tertiary/aromatic N) is 6. The highest BCUT2D eigenvalue weighted by molar-refractivity contribution is 7.13. The van der Waals surface area contributed by atoms with E-state index < -0.39 is 0 Å². The molecule has 1 aliphatic rings. The average Bonchev–Trinajstić information content (AvgIpc) is 3.39. The molecule has 0 spiro atoms. The van der Waals surface area contributed by atoms with Crippen LogP contribution >= 0.6 is 11.3 Å². The maximum atomic E-state index is 12.2. The van der Waals surface area contributed by atoms with Crippen molar-refractivity contribution in [3.63, 3.8) is 0 Å². The van der Waals surface area contributed by atoms with Gasteiger partial charge in [0.15, 0.2) is 5.82 Å². The van der Waals surface area contributed by atoms with Crippen LogP contribution in [0.15, 0.2) is 40.5 Å². The maximum Gasteiger partial charge on any atom is 0.268 e. The summed E-state index contributed by atoms with van der Waals surface area (Å²) < 4.78 is 5.22. The summed E-state index contributed by atoms with van der Waals surface area (Å²) in [4.78, 5) is 30.2. The third kappa shape index (κ3) is 4.47. The Morgan fingerprint density at radius 1 is 1.19 bits per heavy atom. The van der Waals surface area contributed by atoms with Crippen LogP contribution in [0.1, 0.15) is 5.82 Å². The van der Waals surface area contributed by atoms with Crippen molar-refractivity contribution in [1.82, 2.24) is 30.3 Å². The highest BCUT2D eigenvalue weighted by Gasteiger charge is 2.20. The maximum absolute atomic E-state index is 12.2. The summed E-state index contributed by atoms with van der Waals surface area (Å²) in [6.07, 6.45) is 3.48. The number of carbonyl (C=O) groups excluding carboxylic acids is 1. The Kier molecular flexibility index (Phi) is 5.35. The van der Waals surface area contributed by atoms with Crippen molar-refractivity contribution in [3.8, 4) is 10.8 Å². The molecule has 1 fully saturated rings. The predicted molar refractivity (Wildman–Crippen MR) is 100 cm³/mol. The number of amides is 1. The molecule has 27 heavy (non-hydrogen) atoms. The van der Waals surface area contributed by atoms with Crippen LogP contribution in [0.2, 0.25) is 0 Å². The lowest BCUT2D eigenvalue weighted by Gasteiger charge is -2.34. The van der Waals surface area contributed by atoms with Gasteiger partial charge in [-0.3, -0.25) is 9.69 Å². The molecule has 1 saturated heterocycles. The van der Waals surface area contributed by atoms with Crippen LogP contribution in [0.25, 0.3) is 10.8 Å². The van der Waals surface area contributed by atoms with Gasteiger partial charge in [-0.1, -0.05) is 11.2 Å². The van der Waals surface area contributed by atoms with Gasteiger partial charge in [-0.05, 0) is 17.5 Å². The Balaban J connectivity index is 1.21. The molecule has 4 rings (SSSR count). The Morgan fingerprint density at radius 2 is 2.00 bits per heavy atom. The van der Waals surface area contributed by atoms with E-state index in [9.17, 15) is 4.79 Å². The monoisotopic (exact) mass is 385 g/mol. The molecule has 10 heteroatoms. The van der Waals surface area contributed by atoms with Crippen molar-refractivity contribution in [3.05, 3.63) is 41.8 Å². The number of anilines is 1. The SMILES string of the molecule is O=C(CN1CCN(c2ncccn2)CC1)NCc1noc(-c2cccs2)n1. The van der Waals surface area contributed by atoms with E-state index in [1.165, 1.54) is 11.3 Å². The number of rotatable bonds is 6. The van der Waals surface area contributed by atoms with E-state index in [0.717, 1.165) is 37.0 Å². The molecule has 0 aliphatic carbocycles. The first-order valence-corrected chi connectivity index (χ1v) is 9.53. The summed E-state index contributed by atoms with van der Waals surface area (Å²) in [5, 5.41) is 8.70. The normalized spacial score (nSPS) is 15.0. The Hall–Kier alpha value is -2.85. The summed E-state index contributed by atoms with van der Waals surface area (Å²) >= 11 is 1.53. The number of piperazine rings is 1. The molecule has 3 aromatic heterocycles. The standard InChI is InChI=1S/C17H19N7O2S/c25-15(20-11-14-21-16(26-22-14)13-3-1-10-27-13)12-23-6-8-24(9-7-23)17-18-4-2-5-19-17/h1-5,10H,6-9,11-12H2,(H,20,25). The van der Waals surface area contributed by atoms with Gasteiger partial charge in [0.1, 0.15) is 0 Å². The topological polar surface area (TPSA) is 100 Å². The Labute approximate surface area is 160 Å². The van der Waals surface area contributed by atoms with Gasteiger partial charge in [0.2, 0.25) is 11.9 Å². The van der Waals surface area contributed by atoms with E-state index in [4.69, 9.17) is 4.52 Å². The molecular weight excluding hydrogens is 366 g/mol. The third-order valence-electron chi connectivity index (χ3n) is 4.22. The molecule has 1 amide bonds. The second-order valence-electron chi connectivity index (χ2n) is 6.08. The first-order chi connectivity index (χ1) is 13.3. The number of thiophene rings is 1. The largest absolute Gasteiger partial charge is 0.348 e. The van der Waals surface area contributed by atoms with Crippen LogP contribution in [0.3, 0.4) is 0 Å². The number of hydrogen-bond acceptors (Lipinski definition) is 9. The van der Waals surface area contributed by atoms with E-state index in [1.54, 1.807) is 18.5 Å². The van der Waals surface area contributed by atoms with Gasteiger partial charge in [-0.15, -0.1) is 11.3 Å². The second kappa shape index (κ2) is 8.23. The van der Waals surface area contributed by atoms with Crippen LogP contribution in [0, 0.1) is 0 Å². The Morgan fingerprint density at radius 3 is 2.74 bits per heavy atom. The predicted octanol–water partition coefficient (Wildman–Crippen LogP) is 1.03. The molecule has 3 aromatic rings. The minimum atomic E-state index is -0.0538. The molecule has 9 nitrogen and oxygen atoms in total. The Bertz CT molecular complexity index is 861. The smallest absolute Gasteiger partial charge is 0.268 e. The molecule has 0 radical (unpaired) electrons. The van der Waals surface area contributed by atoms with E-state index in [1.807, 2.05) is 17.5 Å². The van der Waals surface area contributed by atoms with Crippen molar-refractivity contribution in [2.45, 2.75) is 6.54 Å². The van der Waals surface area contributed by atoms with Crippen molar-refractivity contribution >= 4 is 23.2 Å². The molecule has 0 bridgehead atoms. The minimum absolute atomic E-state index is 0.0538. The zero-order valence-corrected chi connectivity index (χ0v) is 15.4. The van der Waals surface area contributed by atoms with Gasteiger partial charge in [0.25, 0.3) is 5.89 Å². The van der Waals surface area contributed by atoms with Crippen LogP contribution in [0.4, 0.5) is 5.95 Å². The quantitative estimate of drug-likeness (QED) is 0.671. The van der Waals surface area contributed by atoms with E-state index in [-0.39, 0.29) is 12.5 Å². The number of hydrogen-bond donors (Lipinski definition) is 1. The number of carbonyl (C=O) groups is 1. The van der Waals surface area contributed by atoms with E-state index >= 15 is 0 Å². The summed E-state index contributed by atoms with van der Waals surface area (Å²) in [6, 6.07) is 5.65.